The van der Waals surface area contributed by atoms with Gasteiger partial charge in [-0.3, -0.25) is 0 Å². The lowest BCUT2D eigenvalue weighted by Gasteiger charge is -2.23. The first-order valence-electron chi connectivity index (χ1n) is 5.25. The lowest BCUT2D eigenvalue weighted by Crippen LogP contribution is -2.33. The molecular formula is C12H14O2. The van der Waals surface area contributed by atoms with Crippen molar-refractivity contribution in [3.63, 3.8) is 0 Å². The van der Waals surface area contributed by atoms with Gasteiger partial charge in [0.25, 0.3) is 0 Å². The molecule has 0 radical (unpaired) electrons. The second-order valence-electron chi connectivity index (χ2n) is 4.21. The first kappa shape index (κ1) is 8.45. The van der Waals surface area contributed by atoms with Crippen molar-refractivity contribution in [3.8, 4) is 0 Å². The molecule has 1 saturated carbocycles. The minimum Gasteiger partial charge on any atom is -0.390 e. The first-order valence-corrected chi connectivity index (χ1v) is 5.25. The molecule has 1 heterocycles. The number of benzene rings is 1. The van der Waals surface area contributed by atoms with Gasteiger partial charge in [0.2, 0.25) is 0 Å². The van der Waals surface area contributed by atoms with Crippen LogP contribution in [0.15, 0.2) is 30.3 Å². The SMILES string of the molecule is OC1CCCC2OC12c1ccccc1. The summed E-state index contributed by atoms with van der Waals surface area (Å²) in [7, 11) is 0. The van der Waals surface area contributed by atoms with Crippen LogP contribution in [0, 0.1) is 0 Å². The number of rotatable bonds is 1. The van der Waals surface area contributed by atoms with E-state index in [1.165, 1.54) is 0 Å². The van der Waals surface area contributed by atoms with Crippen molar-refractivity contribution < 1.29 is 9.84 Å². The standard InChI is InChI=1S/C12H14O2/c13-10-7-4-8-11-12(10,14-11)9-5-2-1-3-6-9/h1-3,5-6,10-11,13H,4,7-8H2. The number of fused-ring (bicyclic) bond motifs is 1. The van der Waals surface area contributed by atoms with E-state index in [0.29, 0.717) is 0 Å². The molecule has 1 N–H and O–H groups in total. The third kappa shape index (κ3) is 0.983. The van der Waals surface area contributed by atoms with E-state index in [1.54, 1.807) is 0 Å². The molecule has 0 aromatic heterocycles. The molecule has 0 amide bonds. The van der Waals surface area contributed by atoms with Crippen molar-refractivity contribution in [3.05, 3.63) is 35.9 Å². The van der Waals surface area contributed by atoms with Crippen molar-refractivity contribution >= 4 is 0 Å². The molecule has 1 aromatic carbocycles. The van der Waals surface area contributed by atoms with Gasteiger partial charge in [0.05, 0.1) is 12.2 Å². The zero-order valence-electron chi connectivity index (χ0n) is 8.02. The number of epoxide rings is 1. The van der Waals surface area contributed by atoms with Crippen LogP contribution in [0.1, 0.15) is 24.8 Å². The Labute approximate surface area is 83.5 Å². The van der Waals surface area contributed by atoms with Crippen LogP contribution in [0.4, 0.5) is 0 Å². The smallest absolute Gasteiger partial charge is 0.145 e. The molecule has 74 valence electrons. The predicted octanol–water partition coefficient (Wildman–Crippen LogP) is 1.83. The summed E-state index contributed by atoms with van der Waals surface area (Å²) in [5, 5.41) is 10.00. The Morgan fingerprint density at radius 3 is 2.71 bits per heavy atom. The Kier molecular flexibility index (Phi) is 1.70. The zero-order valence-corrected chi connectivity index (χ0v) is 8.02. The average molecular weight is 190 g/mol. The molecular weight excluding hydrogens is 176 g/mol. The van der Waals surface area contributed by atoms with E-state index in [0.717, 1.165) is 24.8 Å². The molecule has 3 atom stereocenters. The Hall–Kier alpha value is -0.860. The van der Waals surface area contributed by atoms with Crippen LogP contribution in [0.2, 0.25) is 0 Å². The van der Waals surface area contributed by atoms with Crippen LogP contribution >= 0.6 is 0 Å². The molecule has 3 unspecified atom stereocenters. The number of hydrogen-bond donors (Lipinski definition) is 1. The molecule has 1 aliphatic heterocycles. The fraction of sp³-hybridized carbons (Fsp3) is 0.500. The van der Waals surface area contributed by atoms with E-state index < -0.39 is 0 Å². The molecule has 0 spiro atoms. The Bertz CT molecular complexity index is 335. The van der Waals surface area contributed by atoms with Gasteiger partial charge in [-0.2, -0.15) is 0 Å². The van der Waals surface area contributed by atoms with Gasteiger partial charge < -0.3 is 9.84 Å². The Morgan fingerprint density at radius 1 is 1.21 bits per heavy atom. The van der Waals surface area contributed by atoms with E-state index in [4.69, 9.17) is 4.74 Å². The zero-order chi connectivity index (χ0) is 9.60. The molecule has 2 nitrogen and oxygen atoms in total. The van der Waals surface area contributed by atoms with E-state index in [-0.39, 0.29) is 17.8 Å². The summed E-state index contributed by atoms with van der Waals surface area (Å²) in [6.45, 7) is 0. The second-order valence-corrected chi connectivity index (χ2v) is 4.21. The highest BCUT2D eigenvalue weighted by atomic mass is 16.6. The first-order chi connectivity index (χ1) is 6.84. The molecule has 3 rings (SSSR count). The van der Waals surface area contributed by atoms with Crippen LogP contribution in [0.25, 0.3) is 0 Å². The fourth-order valence-corrected chi connectivity index (χ4v) is 2.62. The van der Waals surface area contributed by atoms with Crippen LogP contribution in [0.3, 0.4) is 0 Å². The number of ether oxygens (including phenoxy) is 1. The third-order valence-electron chi connectivity index (χ3n) is 3.42. The van der Waals surface area contributed by atoms with Gasteiger partial charge in [-0.05, 0) is 24.8 Å². The van der Waals surface area contributed by atoms with Crippen LogP contribution in [-0.2, 0) is 10.3 Å². The fourth-order valence-electron chi connectivity index (χ4n) is 2.62. The van der Waals surface area contributed by atoms with E-state index in [2.05, 4.69) is 12.1 Å². The molecule has 1 saturated heterocycles. The number of aliphatic hydroxyl groups is 1. The third-order valence-corrected chi connectivity index (χ3v) is 3.42. The molecule has 2 aliphatic rings. The number of aliphatic hydroxyl groups excluding tert-OH is 1. The average Bonchev–Trinajstić information content (AvgIpc) is 2.96. The number of hydrogen-bond acceptors (Lipinski definition) is 2. The van der Waals surface area contributed by atoms with Crippen molar-refractivity contribution in [2.24, 2.45) is 0 Å². The lowest BCUT2D eigenvalue weighted by atomic mass is 9.81. The molecule has 2 heteroatoms. The molecule has 1 aromatic rings. The summed E-state index contributed by atoms with van der Waals surface area (Å²) in [6, 6.07) is 10.1. The van der Waals surface area contributed by atoms with Gasteiger partial charge in [0, 0.05) is 0 Å². The van der Waals surface area contributed by atoms with Crippen LogP contribution in [0.5, 0.6) is 0 Å². The summed E-state index contributed by atoms with van der Waals surface area (Å²) in [6.07, 6.45) is 2.98. The van der Waals surface area contributed by atoms with E-state index in [9.17, 15) is 5.11 Å². The minimum absolute atomic E-state index is 0.258. The van der Waals surface area contributed by atoms with Crippen molar-refractivity contribution in [2.75, 3.05) is 0 Å². The van der Waals surface area contributed by atoms with Crippen LogP contribution in [-0.4, -0.2) is 17.3 Å². The summed E-state index contributed by atoms with van der Waals surface area (Å²) < 4.78 is 5.71. The minimum atomic E-state index is -0.348. The normalized spacial score (nSPS) is 40.4. The van der Waals surface area contributed by atoms with Crippen molar-refractivity contribution in [1.82, 2.24) is 0 Å². The monoisotopic (exact) mass is 190 g/mol. The molecule has 2 fully saturated rings. The van der Waals surface area contributed by atoms with E-state index >= 15 is 0 Å². The largest absolute Gasteiger partial charge is 0.390 e. The van der Waals surface area contributed by atoms with Gasteiger partial charge in [-0.1, -0.05) is 30.3 Å². The molecule has 0 bridgehead atoms. The maximum atomic E-state index is 10.00. The highest BCUT2D eigenvalue weighted by molar-refractivity contribution is 5.32. The maximum Gasteiger partial charge on any atom is 0.145 e. The summed E-state index contributed by atoms with van der Waals surface area (Å²) in [5.41, 5.74) is 0.789. The quantitative estimate of drug-likeness (QED) is 0.685. The van der Waals surface area contributed by atoms with Gasteiger partial charge in [-0.25, -0.2) is 0 Å². The van der Waals surface area contributed by atoms with Crippen LogP contribution < -0.4 is 0 Å². The van der Waals surface area contributed by atoms with Crippen molar-refractivity contribution in [2.45, 2.75) is 37.1 Å². The molecule has 1 aliphatic carbocycles. The highest BCUT2D eigenvalue weighted by Crippen LogP contribution is 2.55. The highest BCUT2D eigenvalue weighted by Gasteiger charge is 2.63. The Morgan fingerprint density at radius 2 is 2.00 bits per heavy atom. The maximum absolute atomic E-state index is 10.00. The van der Waals surface area contributed by atoms with Crippen molar-refractivity contribution in [1.29, 1.82) is 0 Å². The predicted molar refractivity (Wildman–Crippen MR) is 52.9 cm³/mol. The Balaban J connectivity index is 1.98. The summed E-state index contributed by atoms with van der Waals surface area (Å²) in [5.74, 6) is 0. The van der Waals surface area contributed by atoms with Gasteiger partial charge in [-0.15, -0.1) is 0 Å². The second kappa shape index (κ2) is 2.81. The van der Waals surface area contributed by atoms with Gasteiger partial charge in [0.1, 0.15) is 5.60 Å². The van der Waals surface area contributed by atoms with Gasteiger partial charge >= 0.3 is 0 Å². The van der Waals surface area contributed by atoms with E-state index in [1.807, 2.05) is 18.2 Å². The lowest BCUT2D eigenvalue weighted by molar-refractivity contribution is 0.0628. The summed E-state index contributed by atoms with van der Waals surface area (Å²) >= 11 is 0. The molecule has 14 heavy (non-hydrogen) atoms. The summed E-state index contributed by atoms with van der Waals surface area (Å²) in [4.78, 5) is 0. The van der Waals surface area contributed by atoms with Gasteiger partial charge in [0.15, 0.2) is 0 Å². The topological polar surface area (TPSA) is 32.8 Å².